The maximum Gasteiger partial charge on any atom is 0.330 e. The predicted octanol–water partition coefficient (Wildman–Crippen LogP) is 0.437. The van der Waals surface area contributed by atoms with Crippen LogP contribution < -0.4 is 0 Å². The normalized spacial score (nSPS) is 23.6. The van der Waals surface area contributed by atoms with Crippen LogP contribution in [0.5, 0.6) is 0 Å². The summed E-state index contributed by atoms with van der Waals surface area (Å²) >= 11 is 1.62. The van der Waals surface area contributed by atoms with Gasteiger partial charge < -0.3 is 5.11 Å². The molecular formula is C10H17NO4S2. The lowest BCUT2D eigenvalue weighted by Crippen LogP contribution is -2.46. The number of carboxylic acid groups (broad SMARTS) is 1. The van der Waals surface area contributed by atoms with Crippen molar-refractivity contribution in [2.24, 2.45) is 0 Å². The molecule has 98 valence electrons. The van der Waals surface area contributed by atoms with Gasteiger partial charge in [-0.05, 0) is 6.92 Å². The Morgan fingerprint density at radius 2 is 2.24 bits per heavy atom. The summed E-state index contributed by atoms with van der Waals surface area (Å²) in [5.41, 5.74) is 0.246. The van der Waals surface area contributed by atoms with Crippen molar-refractivity contribution >= 4 is 27.6 Å². The topological polar surface area (TPSA) is 74.7 Å². The van der Waals surface area contributed by atoms with E-state index in [-0.39, 0.29) is 5.57 Å². The highest BCUT2D eigenvalue weighted by atomic mass is 32.2. The molecule has 1 N–H and O–H groups in total. The van der Waals surface area contributed by atoms with E-state index in [4.69, 9.17) is 5.11 Å². The van der Waals surface area contributed by atoms with Gasteiger partial charge in [0, 0.05) is 36.4 Å². The number of hydrogen-bond donors (Lipinski definition) is 1. The minimum absolute atomic E-state index is 0.246. The van der Waals surface area contributed by atoms with Crippen molar-refractivity contribution < 1.29 is 18.3 Å². The lowest BCUT2D eigenvalue weighted by molar-refractivity contribution is -0.132. The fourth-order valence-electron chi connectivity index (χ4n) is 1.56. The molecule has 0 radical (unpaired) electrons. The van der Waals surface area contributed by atoms with Crippen LogP contribution in [0.4, 0.5) is 0 Å². The number of sulfone groups is 1. The van der Waals surface area contributed by atoms with Gasteiger partial charge in [0.15, 0.2) is 9.84 Å². The quantitative estimate of drug-likeness (QED) is 0.753. The Labute approximate surface area is 106 Å². The van der Waals surface area contributed by atoms with Gasteiger partial charge in [-0.1, -0.05) is 6.08 Å². The summed E-state index contributed by atoms with van der Waals surface area (Å²) in [5.74, 6) is 0.470. The van der Waals surface area contributed by atoms with E-state index >= 15 is 0 Å². The maximum absolute atomic E-state index is 11.6. The zero-order valence-electron chi connectivity index (χ0n) is 9.92. The first-order valence-corrected chi connectivity index (χ1v) is 8.34. The van der Waals surface area contributed by atoms with Crippen molar-refractivity contribution in [3.05, 3.63) is 11.6 Å². The monoisotopic (exact) mass is 279 g/mol. The van der Waals surface area contributed by atoms with Gasteiger partial charge in [0.2, 0.25) is 0 Å². The number of carboxylic acids is 1. The predicted molar refractivity (Wildman–Crippen MR) is 68.9 cm³/mol. The van der Waals surface area contributed by atoms with Crippen LogP contribution in [0.3, 0.4) is 0 Å². The van der Waals surface area contributed by atoms with E-state index in [2.05, 4.69) is 0 Å². The van der Waals surface area contributed by atoms with E-state index in [1.54, 1.807) is 17.8 Å². The molecule has 0 aliphatic carbocycles. The largest absolute Gasteiger partial charge is 0.478 e. The third-order valence-corrected chi connectivity index (χ3v) is 5.34. The number of aliphatic carboxylic acids is 1. The molecule has 5 nitrogen and oxygen atoms in total. The van der Waals surface area contributed by atoms with Crippen molar-refractivity contribution in [2.75, 3.05) is 30.9 Å². The first kappa shape index (κ1) is 14.5. The van der Waals surface area contributed by atoms with Crippen molar-refractivity contribution in [1.82, 2.24) is 4.90 Å². The molecule has 0 saturated carbocycles. The minimum atomic E-state index is -3.11. The molecule has 0 aromatic carbocycles. The first-order valence-electron chi connectivity index (χ1n) is 5.23. The molecule has 0 amide bonds. The van der Waals surface area contributed by atoms with Crippen molar-refractivity contribution in [2.45, 2.75) is 12.3 Å². The molecule has 1 fully saturated rings. The molecule has 0 bridgehead atoms. The second-order valence-corrected chi connectivity index (χ2v) is 7.40. The molecule has 1 saturated heterocycles. The first-order chi connectivity index (χ1) is 7.82. The highest BCUT2D eigenvalue weighted by molar-refractivity contribution is 8.00. The smallest absolute Gasteiger partial charge is 0.330 e. The number of thioether (sulfide) groups is 1. The Balaban J connectivity index is 2.74. The molecule has 1 aliphatic rings. The molecule has 1 aliphatic heterocycles. The average Bonchev–Trinajstić information content (AvgIpc) is 2.24. The highest BCUT2D eigenvalue weighted by Gasteiger charge is 2.30. The molecule has 0 aromatic rings. The number of nitrogens with zero attached hydrogens (tertiary/aromatic N) is 1. The summed E-state index contributed by atoms with van der Waals surface area (Å²) < 4.78 is 23.2. The van der Waals surface area contributed by atoms with Gasteiger partial charge in [0.05, 0.1) is 0 Å². The van der Waals surface area contributed by atoms with Gasteiger partial charge in [-0.2, -0.15) is 11.8 Å². The number of carbonyl (C=O) groups is 1. The summed E-state index contributed by atoms with van der Waals surface area (Å²) in [5, 5.41) is 8.23. The Morgan fingerprint density at radius 3 is 2.76 bits per heavy atom. The van der Waals surface area contributed by atoms with E-state index in [1.165, 1.54) is 13.2 Å². The molecule has 17 heavy (non-hydrogen) atoms. The summed E-state index contributed by atoms with van der Waals surface area (Å²) in [6, 6.07) is 0. The van der Waals surface area contributed by atoms with Crippen LogP contribution in [0, 0.1) is 0 Å². The zero-order valence-corrected chi connectivity index (χ0v) is 11.6. The Hall–Kier alpha value is -0.530. The standard InChI is InChI=1S/C10H17NO4S2/c1-8(10(12)13)3-4-11-5-6-16-7-9(11)17(2,14)15/h3,9H,4-7H2,1-2H3,(H,12,13). The van der Waals surface area contributed by atoms with Crippen LogP contribution in [0.15, 0.2) is 11.6 Å². The molecule has 1 rings (SSSR count). The fourth-order valence-corrected chi connectivity index (χ4v) is 4.51. The van der Waals surface area contributed by atoms with Crippen LogP contribution in [0.25, 0.3) is 0 Å². The van der Waals surface area contributed by atoms with Crippen LogP contribution in [-0.4, -0.2) is 60.6 Å². The summed E-state index contributed by atoms with van der Waals surface area (Å²) in [4.78, 5) is 12.5. The molecule has 1 heterocycles. The zero-order chi connectivity index (χ0) is 13.1. The van der Waals surface area contributed by atoms with E-state index < -0.39 is 21.2 Å². The lowest BCUT2D eigenvalue weighted by Gasteiger charge is -2.33. The molecule has 1 atom stereocenters. The maximum atomic E-state index is 11.6. The molecule has 0 spiro atoms. The Morgan fingerprint density at radius 1 is 1.59 bits per heavy atom. The third-order valence-electron chi connectivity index (χ3n) is 2.65. The van der Waals surface area contributed by atoms with Gasteiger partial charge in [0.1, 0.15) is 5.37 Å². The highest BCUT2D eigenvalue weighted by Crippen LogP contribution is 2.20. The van der Waals surface area contributed by atoms with Crippen molar-refractivity contribution in [3.63, 3.8) is 0 Å². The summed E-state index contributed by atoms with van der Waals surface area (Å²) in [6.07, 6.45) is 2.79. The fraction of sp³-hybridized carbons (Fsp3) is 0.700. The Kier molecular flexibility index (Phi) is 5.03. The van der Waals surface area contributed by atoms with Crippen LogP contribution in [0.2, 0.25) is 0 Å². The average molecular weight is 279 g/mol. The molecule has 0 aromatic heterocycles. The van der Waals surface area contributed by atoms with Crippen molar-refractivity contribution in [3.8, 4) is 0 Å². The van der Waals surface area contributed by atoms with E-state index in [0.29, 0.717) is 18.8 Å². The summed E-state index contributed by atoms with van der Waals surface area (Å²) in [7, 11) is -3.11. The van der Waals surface area contributed by atoms with Gasteiger partial charge in [-0.15, -0.1) is 0 Å². The van der Waals surface area contributed by atoms with E-state index in [1.807, 2.05) is 4.90 Å². The second kappa shape index (κ2) is 5.88. The molecular weight excluding hydrogens is 262 g/mol. The van der Waals surface area contributed by atoms with Gasteiger partial charge in [0.25, 0.3) is 0 Å². The van der Waals surface area contributed by atoms with E-state index in [0.717, 1.165) is 5.75 Å². The van der Waals surface area contributed by atoms with Crippen molar-refractivity contribution in [1.29, 1.82) is 0 Å². The second-order valence-electron chi connectivity index (χ2n) is 4.05. The third kappa shape index (κ3) is 4.33. The van der Waals surface area contributed by atoms with Crippen LogP contribution in [0.1, 0.15) is 6.92 Å². The number of rotatable bonds is 4. The van der Waals surface area contributed by atoms with Crippen LogP contribution >= 0.6 is 11.8 Å². The Bertz CT molecular complexity index is 416. The van der Waals surface area contributed by atoms with Gasteiger partial charge >= 0.3 is 5.97 Å². The summed E-state index contributed by atoms with van der Waals surface area (Å²) in [6.45, 7) is 2.55. The van der Waals surface area contributed by atoms with Gasteiger partial charge in [-0.3, -0.25) is 4.90 Å². The lowest BCUT2D eigenvalue weighted by atomic mass is 10.3. The SMILES string of the molecule is CC(=CCN1CCSCC1S(C)(=O)=O)C(=O)O. The molecule has 1 unspecified atom stereocenters. The van der Waals surface area contributed by atoms with Gasteiger partial charge in [-0.25, -0.2) is 13.2 Å². The van der Waals surface area contributed by atoms with Crippen LogP contribution in [-0.2, 0) is 14.6 Å². The minimum Gasteiger partial charge on any atom is -0.478 e. The number of hydrogen-bond acceptors (Lipinski definition) is 5. The molecule has 7 heteroatoms. The van der Waals surface area contributed by atoms with E-state index in [9.17, 15) is 13.2 Å².